The molecule has 6 atom stereocenters. The summed E-state index contributed by atoms with van der Waals surface area (Å²) in [5, 5.41) is 13.2. The minimum absolute atomic E-state index is 0.0537. The number of benzene rings is 1. The summed E-state index contributed by atoms with van der Waals surface area (Å²) < 4.78 is 52.5. The SMILES string of the molecule is CC(C)OC(=O)[C@@H](C)N[P@](=O)(OC[C@H]1O[C@@H](n2cnc3c(N(C)C)nc(N)nc32)[C@H](F)[C@@H]1O)Oc1ccccc1. The number of nitrogens with two attached hydrogens (primary N) is 1. The van der Waals surface area contributed by atoms with Gasteiger partial charge in [-0.05, 0) is 32.9 Å². The summed E-state index contributed by atoms with van der Waals surface area (Å²) in [7, 11) is -0.773. The van der Waals surface area contributed by atoms with E-state index in [4.69, 9.17) is 24.3 Å². The molecule has 1 aliphatic rings. The van der Waals surface area contributed by atoms with Crippen molar-refractivity contribution in [3.63, 3.8) is 0 Å². The molecular weight excluding hydrogens is 548 g/mol. The van der Waals surface area contributed by atoms with Crippen LogP contribution < -0.4 is 20.2 Å². The van der Waals surface area contributed by atoms with Crippen molar-refractivity contribution in [2.75, 3.05) is 31.3 Å². The fourth-order valence-electron chi connectivity index (χ4n) is 3.99. The highest BCUT2D eigenvalue weighted by Crippen LogP contribution is 2.46. The molecule has 0 radical (unpaired) electrons. The molecule has 1 fully saturated rings. The predicted molar refractivity (Wildman–Crippen MR) is 143 cm³/mol. The molecule has 0 aliphatic carbocycles. The number of aromatic nitrogens is 4. The van der Waals surface area contributed by atoms with Crippen LogP contribution in [0.4, 0.5) is 16.2 Å². The van der Waals surface area contributed by atoms with Crippen molar-refractivity contribution in [2.24, 2.45) is 0 Å². The number of nitrogens with zero attached hydrogens (tertiary/aromatic N) is 5. The molecule has 1 aliphatic heterocycles. The Morgan fingerprint density at radius 2 is 1.98 bits per heavy atom. The van der Waals surface area contributed by atoms with Crippen LogP contribution >= 0.6 is 7.75 Å². The maximum absolute atomic E-state index is 15.3. The summed E-state index contributed by atoms with van der Waals surface area (Å²) in [6, 6.07) is 7.06. The van der Waals surface area contributed by atoms with Crippen LogP contribution in [0.25, 0.3) is 11.2 Å². The van der Waals surface area contributed by atoms with Gasteiger partial charge in [0.25, 0.3) is 0 Å². The van der Waals surface area contributed by atoms with Crippen LogP contribution in [0.1, 0.15) is 27.0 Å². The largest absolute Gasteiger partial charge is 0.462 e. The number of anilines is 2. The van der Waals surface area contributed by atoms with E-state index in [0.717, 1.165) is 0 Å². The number of halogens is 1. The molecule has 1 saturated heterocycles. The van der Waals surface area contributed by atoms with Gasteiger partial charge in [-0.1, -0.05) is 18.2 Å². The first-order valence-electron chi connectivity index (χ1n) is 12.5. The predicted octanol–water partition coefficient (Wildman–Crippen LogP) is 2.20. The number of nitrogens with one attached hydrogen (secondary N) is 1. The fraction of sp³-hybridized carbons (Fsp3) is 0.500. The second-order valence-electron chi connectivity index (χ2n) is 9.66. The van der Waals surface area contributed by atoms with Crippen LogP contribution in [0.5, 0.6) is 5.75 Å². The molecule has 14 nitrogen and oxygen atoms in total. The van der Waals surface area contributed by atoms with Crippen LogP contribution in [0.3, 0.4) is 0 Å². The average Bonchev–Trinajstić information content (AvgIpc) is 3.42. The zero-order valence-electron chi connectivity index (χ0n) is 22.7. The molecule has 16 heteroatoms. The Labute approximate surface area is 230 Å². The molecule has 4 rings (SSSR count). The number of hydrogen-bond donors (Lipinski definition) is 3. The van der Waals surface area contributed by atoms with Gasteiger partial charge in [0.2, 0.25) is 5.95 Å². The van der Waals surface area contributed by atoms with Gasteiger partial charge in [0.05, 0.1) is 19.0 Å². The van der Waals surface area contributed by atoms with E-state index in [9.17, 15) is 14.5 Å². The monoisotopic (exact) mass is 581 g/mol. The Balaban J connectivity index is 1.53. The molecule has 2 aromatic heterocycles. The summed E-state index contributed by atoms with van der Waals surface area (Å²) in [4.78, 5) is 26.6. The molecule has 3 heterocycles. The highest BCUT2D eigenvalue weighted by molar-refractivity contribution is 7.52. The third-order valence-corrected chi connectivity index (χ3v) is 7.49. The van der Waals surface area contributed by atoms with Gasteiger partial charge in [0.1, 0.15) is 24.0 Å². The Morgan fingerprint density at radius 3 is 2.62 bits per heavy atom. The number of hydrogen-bond acceptors (Lipinski definition) is 12. The van der Waals surface area contributed by atoms with Crippen molar-refractivity contribution in [3.8, 4) is 5.75 Å². The van der Waals surface area contributed by atoms with E-state index in [-0.39, 0.29) is 17.3 Å². The second-order valence-corrected chi connectivity index (χ2v) is 11.4. The Kier molecular flexibility index (Phi) is 8.90. The van der Waals surface area contributed by atoms with E-state index in [1.54, 1.807) is 63.2 Å². The van der Waals surface area contributed by atoms with Gasteiger partial charge in [-0.2, -0.15) is 15.1 Å². The molecule has 218 valence electrons. The quantitative estimate of drug-likeness (QED) is 0.222. The zero-order valence-corrected chi connectivity index (χ0v) is 23.6. The number of carbonyl (C=O) groups is 1. The normalized spacial score (nSPS) is 23.2. The lowest BCUT2D eigenvalue weighted by Gasteiger charge is -2.25. The van der Waals surface area contributed by atoms with Gasteiger partial charge in [0, 0.05) is 14.1 Å². The highest BCUT2D eigenvalue weighted by atomic mass is 31.2. The lowest BCUT2D eigenvalue weighted by atomic mass is 10.1. The van der Waals surface area contributed by atoms with Crippen LogP contribution in [-0.2, 0) is 23.4 Å². The van der Waals surface area contributed by atoms with Crippen LogP contribution in [0, 0.1) is 0 Å². The molecule has 0 bridgehead atoms. The first-order valence-corrected chi connectivity index (χ1v) is 14.0. The van der Waals surface area contributed by atoms with Crippen LogP contribution in [-0.4, -0.2) is 81.8 Å². The van der Waals surface area contributed by atoms with Crippen LogP contribution in [0.2, 0.25) is 0 Å². The molecule has 1 aromatic carbocycles. The lowest BCUT2D eigenvalue weighted by Crippen LogP contribution is -2.37. The van der Waals surface area contributed by atoms with Crippen molar-refractivity contribution in [1.82, 2.24) is 24.6 Å². The van der Waals surface area contributed by atoms with Crippen molar-refractivity contribution in [1.29, 1.82) is 0 Å². The summed E-state index contributed by atoms with van der Waals surface area (Å²) in [5.41, 5.74) is 6.41. The van der Waals surface area contributed by atoms with Crippen molar-refractivity contribution < 1.29 is 37.4 Å². The molecule has 0 spiro atoms. The number of rotatable bonds is 11. The third kappa shape index (κ3) is 6.50. The number of carbonyl (C=O) groups excluding carboxylic acids is 1. The number of imidazole rings is 1. The van der Waals surface area contributed by atoms with Crippen LogP contribution in [0.15, 0.2) is 36.7 Å². The highest BCUT2D eigenvalue weighted by Gasteiger charge is 2.47. The number of para-hydroxylation sites is 1. The molecule has 0 saturated carbocycles. The van der Waals surface area contributed by atoms with E-state index < -0.39 is 57.1 Å². The van der Waals surface area contributed by atoms with E-state index in [1.807, 2.05) is 0 Å². The lowest BCUT2D eigenvalue weighted by molar-refractivity contribution is -0.149. The zero-order chi connectivity index (χ0) is 29.2. The number of nitrogen functional groups attached to an aromatic ring is 1. The van der Waals surface area contributed by atoms with E-state index in [1.165, 1.54) is 17.8 Å². The first-order chi connectivity index (χ1) is 18.9. The molecular formula is C24H33FN7O7P. The van der Waals surface area contributed by atoms with Gasteiger partial charge >= 0.3 is 13.7 Å². The molecule has 40 heavy (non-hydrogen) atoms. The number of ether oxygens (including phenoxy) is 2. The summed E-state index contributed by atoms with van der Waals surface area (Å²) in [6.45, 7) is 4.24. The summed E-state index contributed by atoms with van der Waals surface area (Å²) >= 11 is 0. The van der Waals surface area contributed by atoms with Gasteiger partial charge in [-0.3, -0.25) is 13.9 Å². The van der Waals surface area contributed by atoms with E-state index in [0.29, 0.717) is 11.3 Å². The topological polar surface area (TPSA) is 176 Å². The Morgan fingerprint density at radius 1 is 1.27 bits per heavy atom. The number of fused-ring (bicyclic) bond motifs is 1. The van der Waals surface area contributed by atoms with Crippen molar-refractivity contribution >= 4 is 36.6 Å². The van der Waals surface area contributed by atoms with Crippen molar-refractivity contribution in [2.45, 2.75) is 57.5 Å². The first kappa shape index (κ1) is 29.6. The minimum Gasteiger partial charge on any atom is -0.462 e. The Hall–Kier alpha value is -3.36. The Bertz CT molecular complexity index is 1380. The number of esters is 1. The fourth-order valence-corrected chi connectivity index (χ4v) is 5.49. The van der Waals surface area contributed by atoms with E-state index in [2.05, 4.69) is 20.0 Å². The maximum atomic E-state index is 15.3. The minimum atomic E-state index is -4.26. The third-order valence-electron chi connectivity index (χ3n) is 5.85. The van der Waals surface area contributed by atoms with Crippen molar-refractivity contribution in [3.05, 3.63) is 36.7 Å². The maximum Gasteiger partial charge on any atom is 0.459 e. The number of aliphatic hydroxyl groups is 1. The summed E-state index contributed by atoms with van der Waals surface area (Å²) in [5.74, 6) is -0.120. The van der Waals surface area contributed by atoms with Gasteiger partial charge in [-0.15, -0.1) is 0 Å². The second kappa shape index (κ2) is 12.0. The molecule has 3 aromatic rings. The van der Waals surface area contributed by atoms with Gasteiger partial charge in [-0.25, -0.2) is 13.9 Å². The van der Waals surface area contributed by atoms with Gasteiger partial charge < -0.3 is 29.7 Å². The standard InChI is InChI=1S/C24H33FN7O7P/c1-13(2)37-23(34)14(3)30-40(35,39-15-9-7-6-8-10-15)36-11-16-19(33)17(25)22(38-16)32-12-27-18-20(31(4)5)28-24(26)29-21(18)32/h6-10,12-14,16-17,19,22,33H,11H2,1-5H3,(H,30,35)(H2,26,28,29)/t14-,16-,17-,19-,22-,40+/m1/s1. The number of alkyl halides is 1. The summed E-state index contributed by atoms with van der Waals surface area (Å²) in [6.07, 6.45) is -5.29. The molecule has 4 N–H and O–H groups in total. The molecule has 0 unspecified atom stereocenters. The smallest absolute Gasteiger partial charge is 0.459 e. The number of aliphatic hydroxyl groups excluding tert-OH is 1. The van der Waals surface area contributed by atoms with E-state index >= 15 is 4.39 Å². The molecule has 0 amide bonds. The van der Waals surface area contributed by atoms with Gasteiger partial charge in [0.15, 0.2) is 29.4 Å². The average molecular weight is 582 g/mol.